The molecule has 2 heterocycles. The van der Waals surface area contributed by atoms with Crippen LogP contribution in [0.1, 0.15) is 11.8 Å². The number of carbonyl (C=O) groups is 1. The molecule has 31 heavy (non-hydrogen) atoms. The summed E-state index contributed by atoms with van der Waals surface area (Å²) in [6, 6.07) is 13.3. The molecular formula is C23H23FN4O3. The molecule has 1 amide bonds. The van der Waals surface area contributed by atoms with Crippen LogP contribution in [0.5, 0.6) is 5.75 Å². The minimum Gasteiger partial charge on any atom is -0.497 e. The Kier molecular flexibility index (Phi) is 6.49. The summed E-state index contributed by atoms with van der Waals surface area (Å²) >= 11 is 0. The maximum absolute atomic E-state index is 13.0. The highest BCUT2D eigenvalue weighted by atomic mass is 19.1. The number of nitrogens with zero attached hydrogens (tertiary/aromatic N) is 3. The fourth-order valence-corrected chi connectivity index (χ4v) is 3.42. The number of anilines is 1. The van der Waals surface area contributed by atoms with Crippen LogP contribution >= 0.6 is 0 Å². The summed E-state index contributed by atoms with van der Waals surface area (Å²) < 4.78 is 24.2. The molecule has 0 saturated carbocycles. The number of methoxy groups -OCH3 is 1. The number of hydrogen-bond donors (Lipinski definition) is 1. The van der Waals surface area contributed by atoms with Crippen LogP contribution in [0.15, 0.2) is 60.9 Å². The third-order valence-corrected chi connectivity index (χ3v) is 4.99. The first-order chi connectivity index (χ1) is 15.1. The molecule has 0 bridgehead atoms. The smallest absolute Gasteiger partial charge is 0.238 e. The zero-order chi connectivity index (χ0) is 21.6. The topological polar surface area (TPSA) is 76.6 Å². The van der Waals surface area contributed by atoms with Gasteiger partial charge in [0.05, 0.1) is 44.0 Å². The molecule has 1 saturated heterocycles. The van der Waals surface area contributed by atoms with Crippen LogP contribution in [0.2, 0.25) is 0 Å². The van der Waals surface area contributed by atoms with E-state index in [9.17, 15) is 9.18 Å². The van der Waals surface area contributed by atoms with E-state index >= 15 is 0 Å². The van der Waals surface area contributed by atoms with Crippen molar-refractivity contribution in [3.05, 3.63) is 72.4 Å². The van der Waals surface area contributed by atoms with Crippen molar-refractivity contribution in [2.24, 2.45) is 0 Å². The van der Waals surface area contributed by atoms with Gasteiger partial charge in [0.2, 0.25) is 5.91 Å². The Morgan fingerprint density at radius 1 is 1.26 bits per heavy atom. The van der Waals surface area contributed by atoms with E-state index in [2.05, 4.69) is 10.3 Å². The van der Waals surface area contributed by atoms with Gasteiger partial charge in [-0.2, -0.15) is 0 Å². The van der Waals surface area contributed by atoms with Gasteiger partial charge in [0.15, 0.2) is 0 Å². The SMILES string of the molecule is COc1cccc(-c2cncc(C3CN(CC(=O)Nc4ccc(F)cc4)CCO3)n2)c1. The Bertz CT molecular complexity index is 1050. The molecule has 4 rings (SSSR count). The summed E-state index contributed by atoms with van der Waals surface area (Å²) in [6.07, 6.45) is 3.11. The van der Waals surface area contributed by atoms with Crippen LogP contribution in [0.25, 0.3) is 11.3 Å². The predicted octanol–water partition coefficient (Wildman–Crippen LogP) is 3.30. The minimum atomic E-state index is -0.341. The van der Waals surface area contributed by atoms with Gasteiger partial charge in [-0.1, -0.05) is 12.1 Å². The van der Waals surface area contributed by atoms with E-state index in [1.165, 1.54) is 24.3 Å². The highest BCUT2D eigenvalue weighted by Gasteiger charge is 2.25. The lowest BCUT2D eigenvalue weighted by atomic mass is 10.1. The van der Waals surface area contributed by atoms with Gasteiger partial charge in [-0.15, -0.1) is 0 Å². The van der Waals surface area contributed by atoms with Crippen molar-refractivity contribution in [2.45, 2.75) is 6.10 Å². The van der Waals surface area contributed by atoms with Crippen LogP contribution < -0.4 is 10.1 Å². The molecule has 0 aliphatic carbocycles. The maximum Gasteiger partial charge on any atom is 0.238 e. The molecule has 1 aliphatic rings. The fourth-order valence-electron chi connectivity index (χ4n) is 3.42. The molecule has 1 unspecified atom stereocenters. The molecule has 7 nitrogen and oxygen atoms in total. The molecule has 1 atom stereocenters. The summed E-state index contributed by atoms with van der Waals surface area (Å²) in [5.41, 5.74) is 2.91. The molecule has 1 N–H and O–H groups in total. The minimum absolute atomic E-state index is 0.163. The van der Waals surface area contributed by atoms with Crippen molar-refractivity contribution in [3.63, 3.8) is 0 Å². The number of ether oxygens (including phenoxy) is 2. The number of morpholine rings is 1. The van der Waals surface area contributed by atoms with Crippen LogP contribution in [-0.2, 0) is 9.53 Å². The third-order valence-electron chi connectivity index (χ3n) is 4.99. The second kappa shape index (κ2) is 9.63. The Morgan fingerprint density at radius 2 is 2.10 bits per heavy atom. The summed E-state index contributed by atoms with van der Waals surface area (Å²) in [5, 5.41) is 2.78. The quantitative estimate of drug-likeness (QED) is 0.657. The number of halogens is 1. The van der Waals surface area contributed by atoms with Crippen molar-refractivity contribution in [1.29, 1.82) is 0 Å². The fraction of sp³-hybridized carbons (Fsp3) is 0.261. The van der Waals surface area contributed by atoms with E-state index in [1.54, 1.807) is 19.5 Å². The van der Waals surface area contributed by atoms with Crippen LogP contribution in [0.4, 0.5) is 10.1 Å². The van der Waals surface area contributed by atoms with E-state index in [0.717, 1.165) is 17.0 Å². The summed E-state index contributed by atoms with van der Waals surface area (Å²) in [6.45, 7) is 1.85. The Labute approximate surface area is 179 Å². The van der Waals surface area contributed by atoms with E-state index in [0.29, 0.717) is 31.1 Å². The molecule has 3 aromatic rings. The lowest BCUT2D eigenvalue weighted by molar-refractivity contribution is -0.119. The van der Waals surface area contributed by atoms with Crippen molar-refractivity contribution < 1.29 is 18.7 Å². The van der Waals surface area contributed by atoms with Gasteiger partial charge in [-0.3, -0.25) is 14.7 Å². The Balaban J connectivity index is 1.41. The standard InChI is InChI=1S/C23H23FN4O3/c1-30-19-4-2-3-16(11-19)20-12-25-13-21(27-20)22-14-28(9-10-31-22)15-23(29)26-18-7-5-17(24)6-8-18/h2-8,11-13,22H,9-10,14-15H2,1H3,(H,26,29). The van der Waals surface area contributed by atoms with Crippen LogP contribution in [0.3, 0.4) is 0 Å². The summed E-state index contributed by atoms with van der Waals surface area (Å²) in [4.78, 5) is 23.4. The lowest BCUT2D eigenvalue weighted by Crippen LogP contribution is -2.42. The predicted molar refractivity (Wildman–Crippen MR) is 114 cm³/mol. The van der Waals surface area contributed by atoms with Gasteiger partial charge < -0.3 is 14.8 Å². The molecule has 1 aromatic heterocycles. The summed E-state index contributed by atoms with van der Waals surface area (Å²) in [5.74, 6) is 0.242. The molecular weight excluding hydrogens is 399 g/mol. The monoisotopic (exact) mass is 422 g/mol. The Morgan fingerprint density at radius 3 is 2.90 bits per heavy atom. The average molecular weight is 422 g/mol. The first kappa shape index (κ1) is 20.9. The highest BCUT2D eigenvalue weighted by molar-refractivity contribution is 5.92. The van der Waals surface area contributed by atoms with E-state index < -0.39 is 0 Å². The average Bonchev–Trinajstić information content (AvgIpc) is 2.81. The number of aromatic nitrogens is 2. The second-order valence-electron chi connectivity index (χ2n) is 7.21. The van der Waals surface area contributed by atoms with Crippen molar-refractivity contribution >= 4 is 11.6 Å². The molecule has 1 aliphatic heterocycles. The number of rotatable bonds is 6. The number of carbonyl (C=O) groups excluding carboxylic acids is 1. The van der Waals surface area contributed by atoms with Crippen LogP contribution in [0, 0.1) is 5.82 Å². The van der Waals surface area contributed by atoms with E-state index in [1.807, 2.05) is 29.2 Å². The third kappa shape index (κ3) is 5.42. The number of benzene rings is 2. The Hall–Kier alpha value is -3.36. The molecule has 160 valence electrons. The van der Waals surface area contributed by atoms with Gasteiger partial charge in [0, 0.05) is 24.3 Å². The van der Waals surface area contributed by atoms with Gasteiger partial charge >= 0.3 is 0 Å². The lowest BCUT2D eigenvalue weighted by Gasteiger charge is -2.32. The van der Waals surface area contributed by atoms with Gasteiger partial charge in [0.25, 0.3) is 0 Å². The molecule has 8 heteroatoms. The van der Waals surface area contributed by atoms with Crippen molar-refractivity contribution in [3.8, 4) is 17.0 Å². The normalized spacial score (nSPS) is 16.6. The molecule has 0 radical (unpaired) electrons. The van der Waals surface area contributed by atoms with Gasteiger partial charge in [-0.25, -0.2) is 9.37 Å². The van der Waals surface area contributed by atoms with Crippen molar-refractivity contribution in [1.82, 2.24) is 14.9 Å². The molecule has 1 fully saturated rings. The number of nitrogens with one attached hydrogen (secondary N) is 1. The van der Waals surface area contributed by atoms with Gasteiger partial charge in [-0.05, 0) is 36.4 Å². The number of hydrogen-bond acceptors (Lipinski definition) is 6. The van der Waals surface area contributed by atoms with E-state index in [-0.39, 0.29) is 24.4 Å². The second-order valence-corrected chi connectivity index (χ2v) is 7.21. The maximum atomic E-state index is 13.0. The zero-order valence-electron chi connectivity index (χ0n) is 17.1. The van der Waals surface area contributed by atoms with E-state index in [4.69, 9.17) is 14.5 Å². The first-order valence-electron chi connectivity index (χ1n) is 9.96. The number of amides is 1. The molecule has 2 aromatic carbocycles. The van der Waals surface area contributed by atoms with Gasteiger partial charge in [0.1, 0.15) is 17.7 Å². The van der Waals surface area contributed by atoms with Crippen LogP contribution in [-0.4, -0.2) is 54.1 Å². The highest BCUT2D eigenvalue weighted by Crippen LogP contribution is 2.25. The zero-order valence-corrected chi connectivity index (χ0v) is 17.1. The largest absolute Gasteiger partial charge is 0.497 e. The first-order valence-corrected chi connectivity index (χ1v) is 9.96. The van der Waals surface area contributed by atoms with Crippen molar-refractivity contribution in [2.75, 3.05) is 38.7 Å². The molecule has 0 spiro atoms. The summed E-state index contributed by atoms with van der Waals surface area (Å²) in [7, 11) is 1.62.